The second-order valence-corrected chi connectivity index (χ2v) is 7.04. The number of carbonyl (C=O) groups is 1. The van der Waals surface area contributed by atoms with Crippen molar-refractivity contribution in [2.45, 2.75) is 18.2 Å². The van der Waals surface area contributed by atoms with Crippen LogP contribution in [0, 0.1) is 0 Å². The Hall–Kier alpha value is -1.27. The highest BCUT2D eigenvalue weighted by molar-refractivity contribution is 7.99. The van der Waals surface area contributed by atoms with Crippen LogP contribution in [-0.4, -0.2) is 39.4 Å². The Kier molecular flexibility index (Phi) is 4.42. The van der Waals surface area contributed by atoms with Crippen molar-refractivity contribution in [3.63, 3.8) is 0 Å². The molecule has 0 N–H and O–H groups in total. The number of aromatic nitrogens is 2. The van der Waals surface area contributed by atoms with E-state index in [1.165, 1.54) is 4.88 Å². The van der Waals surface area contributed by atoms with Crippen molar-refractivity contribution < 1.29 is 4.79 Å². The van der Waals surface area contributed by atoms with Gasteiger partial charge < -0.3 is 4.90 Å². The van der Waals surface area contributed by atoms with Crippen LogP contribution < -0.4 is 0 Å². The van der Waals surface area contributed by atoms with Crippen molar-refractivity contribution in [2.75, 3.05) is 18.8 Å². The molecule has 3 heterocycles. The van der Waals surface area contributed by atoms with E-state index in [1.807, 2.05) is 40.3 Å². The predicted molar refractivity (Wildman–Crippen MR) is 82.9 cm³/mol. The lowest BCUT2D eigenvalue weighted by Crippen LogP contribution is -2.35. The summed E-state index contributed by atoms with van der Waals surface area (Å²) in [6.45, 7) is 2.03. The molecule has 106 valence electrons. The maximum absolute atomic E-state index is 12.3. The summed E-state index contributed by atoms with van der Waals surface area (Å²) in [6, 6.07) is 6.15. The molecule has 0 radical (unpaired) electrons. The molecule has 1 saturated heterocycles. The van der Waals surface area contributed by atoms with E-state index in [0.717, 1.165) is 25.3 Å². The fraction of sp³-hybridized carbons (Fsp3) is 0.429. The van der Waals surface area contributed by atoms with Gasteiger partial charge in [0.15, 0.2) is 0 Å². The van der Waals surface area contributed by atoms with E-state index in [1.54, 1.807) is 10.9 Å². The van der Waals surface area contributed by atoms with Gasteiger partial charge in [-0.15, -0.1) is 11.3 Å². The average Bonchev–Trinajstić information content (AvgIpc) is 3.09. The molecule has 3 rings (SSSR count). The number of thioether (sulfide) groups is 1. The third-order valence-corrected chi connectivity index (χ3v) is 5.86. The van der Waals surface area contributed by atoms with E-state index in [2.05, 4.69) is 22.6 Å². The zero-order valence-electron chi connectivity index (χ0n) is 11.1. The molecule has 0 unspecified atom stereocenters. The average molecular weight is 307 g/mol. The lowest BCUT2D eigenvalue weighted by atomic mass is 10.2. The van der Waals surface area contributed by atoms with Crippen LogP contribution in [0.4, 0.5) is 0 Å². The van der Waals surface area contributed by atoms with Crippen LogP contribution in [0.5, 0.6) is 0 Å². The minimum atomic E-state index is 0.168. The number of carbonyl (C=O) groups excluding carboxylic acids is 1. The van der Waals surface area contributed by atoms with Gasteiger partial charge in [-0.05, 0) is 23.9 Å². The second-order valence-electron chi connectivity index (χ2n) is 4.75. The fourth-order valence-electron chi connectivity index (χ4n) is 2.35. The number of hydrogen-bond acceptors (Lipinski definition) is 4. The largest absolute Gasteiger partial charge is 0.340 e. The van der Waals surface area contributed by atoms with E-state index in [-0.39, 0.29) is 5.91 Å². The number of thiophene rings is 1. The zero-order valence-corrected chi connectivity index (χ0v) is 12.8. The maximum Gasteiger partial charge on any atom is 0.244 e. The van der Waals surface area contributed by atoms with E-state index in [4.69, 9.17) is 0 Å². The Morgan fingerprint density at radius 3 is 3.10 bits per heavy atom. The molecule has 1 amide bonds. The van der Waals surface area contributed by atoms with Gasteiger partial charge >= 0.3 is 0 Å². The number of amides is 1. The fourth-order valence-corrected chi connectivity index (χ4v) is 4.59. The van der Waals surface area contributed by atoms with Crippen LogP contribution >= 0.6 is 23.1 Å². The minimum absolute atomic E-state index is 0.168. The molecular weight excluding hydrogens is 290 g/mol. The SMILES string of the molecule is O=C(Cn1cccn1)N1CCS[C@H](c2cccs2)CC1. The van der Waals surface area contributed by atoms with Crippen LogP contribution in [0.25, 0.3) is 0 Å². The summed E-state index contributed by atoms with van der Waals surface area (Å²) < 4.78 is 1.69. The van der Waals surface area contributed by atoms with E-state index in [9.17, 15) is 4.79 Å². The Morgan fingerprint density at radius 2 is 2.35 bits per heavy atom. The molecule has 1 atom stereocenters. The smallest absolute Gasteiger partial charge is 0.244 e. The van der Waals surface area contributed by atoms with Crippen molar-refractivity contribution in [2.24, 2.45) is 0 Å². The Morgan fingerprint density at radius 1 is 1.40 bits per heavy atom. The quantitative estimate of drug-likeness (QED) is 0.875. The Labute approximate surface area is 126 Å². The Bertz CT molecular complexity index is 539. The summed E-state index contributed by atoms with van der Waals surface area (Å²) in [6.07, 6.45) is 4.58. The minimum Gasteiger partial charge on any atom is -0.340 e. The first-order chi connectivity index (χ1) is 9.83. The van der Waals surface area contributed by atoms with Crippen molar-refractivity contribution in [3.05, 3.63) is 40.8 Å². The second kappa shape index (κ2) is 6.45. The van der Waals surface area contributed by atoms with Crippen molar-refractivity contribution in [1.29, 1.82) is 0 Å². The van der Waals surface area contributed by atoms with Gasteiger partial charge in [0.05, 0.1) is 0 Å². The van der Waals surface area contributed by atoms with Crippen LogP contribution in [0.2, 0.25) is 0 Å². The number of nitrogens with zero attached hydrogens (tertiary/aromatic N) is 3. The van der Waals surface area contributed by atoms with Crippen LogP contribution in [0.15, 0.2) is 36.0 Å². The van der Waals surface area contributed by atoms with Crippen LogP contribution in [-0.2, 0) is 11.3 Å². The predicted octanol–water partition coefficient (Wildman–Crippen LogP) is 2.65. The molecule has 2 aromatic rings. The molecule has 1 aliphatic rings. The molecule has 6 heteroatoms. The molecule has 1 aliphatic heterocycles. The topological polar surface area (TPSA) is 38.1 Å². The third-order valence-electron chi connectivity index (χ3n) is 3.41. The highest BCUT2D eigenvalue weighted by atomic mass is 32.2. The van der Waals surface area contributed by atoms with Gasteiger partial charge in [-0.2, -0.15) is 16.9 Å². The van der Waals surface area contributed by atoms with E-state index in [0.29, 0.717) is 11.8 Å². The Balaban J connectivity index is 1.58. The van der Waals surface area contributed by atoms with Gasteiger partial charge in [0.1, 0.15) is 6.54 Å². The molecule has 0 spiro atoms. The summed E-state index contributed by atoms with van der Waals surface area (Å²) >= 11 is 3.78. The molecule has 0 aromatic carbocycles. The molecule has 1 fully saturated rings. The van der Waals surface area contributed by atoms with E-state index < -0.39 is 0 Å². The first-order valence-corrected chi connectivity index (χ1v) is 8.66. The lowest BCUT2D eigenvalue weighted by Gasteiger charge is -2.20. The van der Waals surface area contributed by atoms with Crippen LogP contribution in [0.3, 0.4) is 0 Å². The van der Waals surface area contributed by atoms with Gasteiger partial charge in [0.25, 0.3) is 0 Å². The van der Waals surface area contributed by atoms with Crippen LogP contribution in [0.1, 0.15) is 16.5 Å². The zero-order chi connectivity index (χ0) is 13.8. The van der Waals surface area contributed by atoms with E-state index >= 15 is 0 Å². The molecule has 0 saturated carbocycles. The third kappa shape index (κ3) is 3.24. The van der Waals surface area contributed by atoms with Crippen molar-refractivity contribution >= 4 is 29.0 Å². The van der Waals surface area contributed by atoms with Crippen molar-refractivity contribution in [3.8, 4) is 0 Å². The van der Waals surface area contributed by atoms with Gasteiger partial charge in [0.2, 0.25) is 5.91 Å². The molecule has 4 nitrogen and oxygen atoms in total. The number of rotatable bonds is 3. The first kappa shape index (κ1) is 13.7. The molecule has 0 aliphatic carbocycles. The first-order valence-electron chi connectivity index (χ1n) is 6.73. The molecule has 2 aromatic heterocycles. The lowest BCUT2D eigenvalue weighted by molar-refractivity contribution is -0.131. The van der Waals surface area contributed by atoms with Gasteiger partial charge in [-0.3, -0.25) is 9.48 Å². The van der Waals surface area contributed by atoms with Gasteiger partial charge in [-0.1, -0.05) is 6.07 Å². The van der Waals surface area contributed by atoms with Gasteiger partial charge in [-0.25, -0.2) is 0 Å². The maximum atomic E-state index is 12.3. The normalized spacial score (nSPS) is 19.8. The number of hydrogen-bond donors (Lipinski definition) is 0. The highest BCUT2D eigenvalue weighted by Crippen LogP contribution is 2.36. The highest BCUT2D eigenvalue weighted by Gasteiger charge is 2.22. The summed E-state index contributed by atoms with van der Waals surface area (Å²) in [5.74, 6) is 1.18. The standard InChI is InChI=1S/C14H17N3OS2/c18-14(11-17-6-2-5-15-17)16-7-4-13(20-10-8-16)12-3-1-9-19-12/h1-3,5-6,9,13H,4,7-8,10-11H2/t13-/m0/s1. The van der Waals surface area contributed by atoms with Gasteiger partial charge in [0, 0.05) is 41.4 Å². The molecule has 20 heavy (non-hydrogen) atoms. The monoisotopic (exact) mass is 307 g/mol. The van der Waals surface area contributed by atoms with Crippen molar-refractivity contribution in [1.82, 2.24) is 14.7 Å². The molecular formula is C14H17N3OS2. The summed E-state index contributed by atoms with van der Waals surface area (Å²) in [5.41, 5.74) is 0. The summed E-state index contributed by atoms with van der Waals surface area (Å²) in [4.78, 5) is 15.7. The summed E-state index contributed by atoms with van der Waals surface area (Å²) in [5, 5.41) is 6.76. The molecule has 0 bridgehead atoms. The summed E-state index contributed by atoms with van der Waals surface area (Å²) in [7, 11) is 0.